The number of benzene rings is 2. The number of ether oxygens (including phenoxy) is 2. The maximum absolute atomic E-state index is 13.0. The molecule has 3 aromatic rings. The lowest BCUT2D eigenvalue weighted by atomic mass is 10.0. The number of methoxy groups -OCH3 is 1. The van der Waals surface area contributed by atoms with Crippen molar-refractivity contribution in [3.63, 3.8) is 0 Å². The number of halogens is 1. The fourth-order valence-corrected chi connectivity index (χ4v) is 4.56. The molecule has 0 spiro atoms. The van der Waals surface area contributed by atoms with Crippen LogP contribution in [0.25, 0.3) is 0 Å². The number of hydrogen-bond acceptors (Lipinski definition) is 6. The van der Waals surface area contributed by atoms with E-state index in [-0.39, 0.29) is 17.6 Å². The summed E-state index contributed by atoms with van der Waals surface area (Å²) in [4.78, 5) is 13.0. The highest BCUT2D eigenvalue weighted by Gasteiger charge is 2.22. The van der Waals surface area contributed by atoms with Gasteiger partial charge in [-0.3, -0.25) is 4.79 Å². The van der Waals surface area contributed by atoms with Crippen LogP contribution in [0.2, 0.25) is 5.02 Å². The topological polar surface area (TPSA) is 66.2 Å². The Balaban J connectivity index is 1.79. The molecule has 3 rings (SSSR count). The zero-order valence-corrected chi connectivity index (χ0v) is 21.5. The zero-order valence-electron chi connectivity index (χ0n) is 19.9. The maximum Gasteiger partial charge on any atom is 0.191 e. The summed E-state index contributed by atoms with van der Waals surface area (Å²) in [5.74, 6) is 2.77. The van der Waals surface area contributed by atoms with Gasteiger partial charge >= 0.3 is 0 Å². The molecule has 0 radical (unpaired) electrons. The Morgan fingerprint density at radius 2 is 1.82 bits per heavy atom. The number of rotatable bonds is 10. The van der Waals surface area contributed by atoms with E-state index in [0.29, 0.717) is 33.2 Å². The molecule has 1 atom stereocenters. The lowest BCUT2D eigenvalue weighted by Gasteiger charge is -2.18. The molecule has 0 aliphatic carbocycles. The van der Waals surface area contributed by atoms with Crippen molar-refractivity contribution in [2.45, 2.75) is 52.4 Å². The molecule has 0 aliphatic rings. The van der Waals surface area contributed by atoms with Crippen LogP contribution in [-0.4, -0.2) is 33.4 Å². The average molecular weight is 488 g/mol. The van der Waals surface area contributed by atoms with Crippen molar-refractivity contribution in [1.82, 2.24) is 14.8 Å². The number of carbonyl (C=O) groups excluding carboxylic acids is 1. The van der Waals surface area contributed by atoms with Crippen LogP contribution in [-0.2, 0) is 6.54 Å². The second-order valence-corrected chi connectivity index (χ2v) is 9.73. The van der Waals surface area contributed by atoms with E-state index in [1.54, 1.807) is 13.2 Å². The summed E-state index contributed by atoms with van der Waals surface area (Å²) in [5, 5.41) is 10.0. The molecule has 0 aliphatic heterocycles. The lowest BCUT2D eigenvalue weighted by Crippen LogP contribution is -2.16. The Hall–Kier alpha value is -2.51. The highest BCUT2D eigenvalue weighted by molar-refractivity contribution is 7.99. The summed E-state index contributed by atoms with van der Waals surface area (Å²) in [6, 6.07) is 11.1. The third kappa shape index (κ3) is 6.09. The highest BCUT2D eigenvalue weighted by atomic mass is 35.5. The van der Waals surface area contributed by atoms with Crippen molar-refractivity contribution in [2.24, 2.45) is 5.92 Å². The third-order valence-corrected chi connectivity index (χ3v) is 6.45. The molecule has 8 heteroatoms. The van der Waals surface area contributed by atoms with Crippen LogP contribution in [0.1, 0.15) is 54.2 Å². The van der Waals surface area contributed by atoms with E-state index in [0.717, 1.165) is 23.4 Å². The monoisotopic (exact) mass is 487 g/mol. The predicted molar refractivity (Wildman–Crippen MR) is 133 cm³/mol. The van der Waals surface area contributed by atoms with Crippen LogP contribution >= 0.6 is 23.4 Å². The van der Waals surface area contributed by atoms with Crippen LogP contribution in [0, 0.1) is 19.8 Å². The van der Waals surface area contributed by atoms with Gasteiger partial charge in [0.05, 0.1) is 17.9 Å². The smallest absolute Gasteiger partial charge is 0.191 e. The molecule has 1 unspecified atom stereocenters. The van der Waals surface area contributed by atoms with Gasteiger partial charge in [-0.15, -0.1) is 10.2 Å². The summed E-state index contributed by atoms with van der Waals surface area (Å²) in [5.41, 5.74) is 2.53. The summed E-state index contributed by atoms with van der Waals surface area (Å²) in [7, 11) is 1.63. The Kier molecular flexibility index (Phi) is 8.43. The summed E-state index contributed by atoms with van der Waals surface area (Å²) in [6.45, 7) is 10.8. The average Bonchev–Trinajstić information content (AvgIpc) is 3.16. The van der Waals surface area contributed by atoms with Crippen molar-refractivity contribution in [1.29, 1.82) is 0 Å². The second kappa shape index (κ2) is 11.1. The van der Waals surface area contributed by atoms with Gasteiger partial charge in [0.2, 0.25) is 0 Å². The van der Waals surface area contributed by atoms with E-state index in [1.165, 1.54) is 11.8 Å². The van der Waals surface area contributed by atoms with Gasteiger partial charge in [0.1, 0.15) is 11.5 Å². The summed E-state index contributed by atoms with van der Waals surface area (Å²) >= 11 is 7.64. The highest BCUT2D eigenvalue weighted by Crippen LogP contribution is 2.30. The Morgan fingerprint density at radius 1 is 1.09 bits per heavy atom. The molecule has 0 N–H and O–H groups in total. The number of carbonyl (C=O) groups is 1. The molecule has 2 aromatic carbocycles. The van der Waals surface area contributed by atoms with Crippen molar-refractivity contribution >= 4 is 29.1 Å². The molecule has 6 nitrogen and oxygen atoms in total. The second-order valence-electron chi connectivity index (χ2n) is 8.38. The van der Waals surface area contributed by atoms with E-state index >= 15 is 0 Å². The Morgan fingerprint density at radius 3 is 2.48 bits per heavy atom. The van der Waals surface area contributed by atoms with Crippen LogP contribution in [0.3, 0.4) is 0 Å². The minimum absolute atomic E-state index is 0.0456. The molecular weight excluding hydrogens is 458 g/mol. The van der Waals surface area contributed by atoms with Crippen molar-refractivity contribution in [3.05, 3.63) is 63.9 Å². The number of para-hydroxylation sites is 1. The SMILES string of the molecule is COc1cc(C)c(C(=O)CSc2nnc(C(C)Oc3ccccc3Cl)n2CC(C)C)cc1C. The minimum Gasteiger partial charge on any atom is -0.496 e. The van der Waals surface area contributed by atoms with Crippen molar-refractivity contribution in [3.8, 4) is 11.5 Å². The Labute approximate surface area is 204 Å². The van der Waals surface area contributed by atoms with Gasteiger partial charge in [-0.05, 0) is 62.1 Å². The fraction of sp³-hybridized carbons (Fsp3) is 0.400. The molecular formula is C25H30ClN3O3S. The molecule has 1 heterocycles. The molecule has 33 heavy (non-hydrogen) atoms. The molecule has 0 fully saturated rings. The predicted octanol–water partition coefficient (Wildman–Crippen LogP) is 6.33. The van der Waals surface area contributed by atoms with Gasteiger partial charge in [0.15, 0.2) is 22.9 Å². The normalized spacial score (nSPS) is 12.1. The number of Topliss-reactive ketones (excluding diaryl/α,β-unsaturated/α-hetero) is 1. The van der Waals surface area contributed by atoms with E-state index < -0.39 is 0 Å². The maximum atomic E-state index is 13.0. The molecule has 0 saturated carbocycles. The Bertz CT molecular complexity index is 1130. The van der Waals surface area contributed by atoms with Gasteiger partial charge in [-0.1, -0.05) is 49.3 Å². The van der Waals surface area contributed by atoms with Gasteiger partial charge in [-0.2, -0.15) is 0 Å². The largest absolute Gasteiger partial charge is 0.496 e. The van der Waals surface area contributed by atoms with Gasteiger partial charge < -0.3 is 14.0 Å². The van der Waals surface area contributed by atoms with E-state index in [2.05, 4.69) is 24.0 Å². The first-order chi connectivity index (χ1) is 15.7. The van der Waals surface area contributed by atoms with Crippen molar-refractivity contribution < 1.29 is 14.3 Å². The van der Waals surface area contributed by atoms with Crippen LogP contribution in [0.5, 0.6) is 11.5 Å². The standard InChI is InChI=1S/C25H30ClN3O3S/c1-15(2)13-29-24(18(5)32-22-10-8-7-9-20(22)26)27-28-25(29)33-14-21(30)19-11-17(4)23(31-6)12-16(19)3/h7-12,15,18H,13-14H2,1-6H3. The summed E-state index contributed by atoms with van der Waals surface area (Å²) in [6.07, 6.45) is -0.354. The first-order valence-electron chi connectivity index (χ1n) is 10.9. The molecule has 0 saturated heterocycles. The van der Waals surface area contributed by atoms with E-state index in [1.807, 2.05) is 55.7 Å². The van der Waals surface area contributed by atoms with Gasteiger partial charge in [0, 0.05) is 12.1 Å². The third-order valence-electron chi connectivity index (χ3n) is 5.17. The minimum atomic E-state index is -0.354. The van der Waals surface area contributed by atoms with E-state index in [9.17, 15) is 4.79 Å². The molecule has 0 bridgehead atoms. The molecule has 176 valence electrons. The van der Waals surface area contributed by atoms with Crippen molar-refractivity contribution in [2.75, 3.05) is 12.9 Å². The molecule has 1 aromatic heterocycles. The first kappa shape index (κ1) is 25.1. The summed E-state index contributed by atoms with van der Waals surface area (Å²) < 4.78 is 13.5. The van der Waals surface area contributed by atoms with Gasteiger partial charge in [-0.25, -0.2) is 0 Å². The number of aromatic nitrogens is 3. The number of nitrogens with zero attached hydrogens (tertiary/aromatic N) is 3. The van der Waals surface area contributed by atoms with Crippen LogP contribution in [0.15, 0.2) is 41.6 Å². The first-order valence-corrected chi connectivity index (χ1v) is 12.2. The van der Waals surface area contributed by atoms with E-state index in [4.69, 9.17) is 21.1 Å². The number of thioether (sulfide) groups is 1. The molecule has 0 amide bonds. The van der Waals surface area contributed by atoms with Crippen LogP contribution in [0.4, 0.5) is 0 Å². The zero-order chi connectivity index (χ0) is 24.1. The lowest BCUT2D eigenvalue weighted by molar-refractivity contribution is 0.102. The fourth-order valence-electron chi connectivity index (χ4n) is 3.55. The number of aryl methyl sites for hydroxylation is 2. The number of ketones is 1. The van der Waals surface area contributed by atoms with Crippen LogP contribution < -0.4 is 9.47 Å². The quantitative estimate of drug-likeness (QED) is 0.246. The van der Waals surface area contributed by atoms with Gasteiger partial charge in [0.25, 0.3) is 0 Å². The number of hydrogen-bond donors (Lipinski definition) is 0.